The fourth-order valence-corrected chi connectivity index (χ4v) is 6.19. The van der Waals surface area contributed by atoms with Gasteiger partial charge in [0.2, 0.25) is 10.2 Å². The van der Waals surface area contributed by atoms with E-state index in [1.54, 1.807) is 24.4 Å². The number of halogens is 1. The average Bonchev–Trinajstić information content (AvgIpc) is 3.05. The highest BCUT2D eigenvalue weighted by Crippen LogP contribution is 2.58. The van der Waals surface area contributed by atoms with Gasteiger partial charge < -0.3 is 38.5 Å². The summed E-state index contributed by atoms with van der Waals surface area (Å²) < 4.78 is 28.8. The molecular formula is C28H44ClN6O8P3S. The number of hydrogen-bond donors (Lipinski definition) is 7. The Kier molecular flexibility index (Phi) is 20.2. The highest BCUT2D eigenvalue weighted by Gasteiger charge is 2.45. The monoisotopic (exact) mass is 752 g/mol. The molecule has 0 amide bonds. The lowest BCUT2D eigenvalue weighted by atomic mass is 10.2. The molecule has 0 bridgehead atoms. The second-order valence-corrected chi connectivity index (χ2v) is 15.5. The molecule has 2 aromatic rings. The Morgan fingerprint density at radius 3 is 2.45 bits per heavy atom. The van der Waals surface area contributed by atoms with Crippen LogP contribution in [0, 0.1) is 0 Å². The molecule has 7 N–H and O–H groups in total. The zero-order chi connectivity index (χ0) is 34.5. The van der Waals surface area contributed by atoms with Crippen molar-refractivity contribution in [1.29, 1.82) is 0 Å². The molecule has 19 heteroatoms. The molecule has 0 saturated heterocycles. The highest BCUT2D eigenvalue weighted by molar-refractivity contribution is 7.80. The van der Waals surface area contributed by atoms with Gasteiger partial charge >= 0.3 is 7.60 Å². The van der Waals surface area contributed by atoms with Crippen molar-refractivity contribution in [1.82, 2.24) is 20.8 Å². The summed E-state index contributed by atoms with van der Waals surface area (Å²) >= 11 is 11.0. The predicted octanol–water partition coefficient (Wildman–Crippen LogP) is 4.02. The normalized spacial score (nSPS) is 14.3. The van der Waals surface area contributed by atoms with Crippen LogP contribution in [0.3, 0.4) is 0 Å². The Morgan fingerprint density at radius 2 is 1.81 bits per heavy atom. The van der Waals surface area contributed by atoms with Gasteiger partial charge in [-0.3, -0.25) is 15.4 Å². The van der Waals surface area contributed by atoms with Crippen LogP contribution >= 0.6 is 48.7 Å². The lowest BCUT2D eigenvalue weighted by Crippen LogP contribution is -2.31. The molecule has 0 spiro atoms. The number of thiocarbonyl (C=S) groups is 1. The number of rotatable bonds is 23. The van der Waals surface area contributed by atoms with Crippen LogP contribution in [-0.2, 0) is 20.2 Å². The van der Waals surface area contributed by atoms with E-state index >= 15 is 0 Å². The van der Waals surface area contributed by atoms with E-state index < -0.39 is 30.0 Å². The molecular weight excluding hydrogens is 709 g/mol. The maximum absolute atomic E-state index is 11.4. The molecule has 14 nitrogen and oxygen atoms in total. The summed E-state index contributed by atoms with van der Waals surface area (Å²) in [6, 6.07) is 15.1. The van der Waals surface area contributed by atoms with Gasteiger partial charge in [-0.1, -0.05) is 43.3 Å². The minimum absolute atomic E-state index is 0.199. The van der Waals surface area contributed by atoms with Crippen LogP contribution in [0.4, 0.5) is 0 Å². The van der Waals surface area contributed by atoms with E-state index in [9.17, 15) is 24.4 Å². The van der Waals surface area contributed by atoms with Crippen LogP contribution in [0.1, 0.15) is 42.9 Å². The fraction of sp³-hybridized carbons (Fsp3) is 0.464. The van der Waals surface area contributed by atoms with Crippen molar-refractivity contribution in [3.8, 4) is 5.75 Å². The molecule has 2 aromatic carbocycles. The maximum atomic E-state index is 11.4. The van der Waals surface area contributed by atoms with Crippen LogP contribution in [0.2, 0.25) is 0 Å². The lowest BCUT2D eigenvalue weighted by molar-refractivity contribution is 0.139. The first kappa shape index (κ1) is 41.5. The molecule has 0 fully saturated rings. The predicted molar refractivity (Wildman–Crippen MR) is 193 cm³/mol. The molecule has 262 valence electrons. The van der Waals surface area contributed by atoms with Gasteiger partial charge in [-0.05, 0) is 60.9 Å². The van der Waals surface area contributed by atoms with Gasteiger partial charge in [0.1, 0.15) is 5.75 Å². The SMILES string of the molecule is CCCOP(NCCCl)OCc1ccc(/C=N/NC(=S)N/N=C/c2cccc(OCCCN(C)CCC(O)(PO)P(=O)(O)O)c2)cc1. The van der Waals surface area contributed by atoms with Crippen LogP contribution in [0.15, 0.2) is 58.7 Å². The Balaban J connectivity index is 1.70. The minimum atomic E-state index is -4.84. The van der Waals surface area contributed by atoms with Crippen molar-refractivity contribution >= 4 is 66.3 Å². The first-order valence-electron chi connectivity index (χ1n) is 14.7. The number of nitrogens with one attached hydrogen (secondary N) is 3. The molecule has 0 aliphatic rings. The molecule has 2 rings (SSSR count). The minimum Gasteiger partial charge on any atom is -0.494 e. The number of nitrogens with zero attached hydrogens (tertiary/aromatic N) is 3. The van der Waals surface area contributed by atoms with E-state index in [0.29, 0.717) is 51.0 Å². The summed E-state index contributed by atoms with van der Waals surface area (Å²) in [4.78, 5) is 29.5. The van der Waals surface area contributed by atoms with Gasteiger partial charge in [0.05, 0.1) is 41.1 Å². The van der Waals surface area contributed by atoms with Crippen LogP contribution in [0.5, 0.6) is 5.75 Å². The average molecular weight is 753 g/mol. The first-order chi connectivity index (χ1) is 22.5. The Morgan fingerprint density at radius 1 is 1.11 bits per heavy atom. The van der Waals surface area contributed by atoms with Crippen molar-refractivity contribution in [3.63, 3.8) is 0 Å². The van der Waals surface area contributed by atoms with E-state index in [2.05, 4.69) is 26.1 Å². The van der Waals surface area contributed by atoms with Gasteiger partial charge in [0.15, 0.2) is 0 Å². The van der Waals surface area contributed by atoms with E-state index in [-0.39, 0.29) is 18.1 Å². The fourth-order valence-electron chi connectivity index (χ4n) is 3.56. The smallest absolute Gasteiger partial charge is 0.363 e. The summed E-state index contributed by atoms with van der Waals surface area (Å²) in [5, 5.41) is 19.2. The van der Waals surface area contributed by atoms with Gasteiger partial charge in [-0.15, -0.1) is 11.6 Å². The quantitative estimate of drug-likeness (QED) is 0.0216. The van der Waals surface area contributed by atoms with Crippen molar-refractivity contribution in [2.24, 2.45) is 10.2 Å². The molecule has 3 atom stereocenters. The number of ether oxygens (including phenoxy) is 1. The number of hydrazone groups is 2. The summed E-state index contributed by atoms with van der Waals surface area (Å²) in [6.45, 7) is 4.84. The number of aliphatic hydroxyl groups is 1. The molecule has 0 aliphatic carbocycles. The van der Waals surface area contributed by atoms with Crippen LogP contribution in [-0.4, -0.2) is 93.1 Å². The molecule has 0 saturated carbocycles. The maximum Gasteiger partial charge on any atom is 0.363 e. The standard InChI is InChI=1S/C28H44ClN6O8P3S/c1-3-17-42-45(32-14-13-29)43-22-24-10-8-23(9-11-24)20-30-33-27(47)34-31-21-25-6-4-7-26(19-25)41-18-5-15-35(2)16-12-28(36,44-37)46(38,39)40/h4,6-11,19-21,32,36-37,44H,3,5,12-18,22H2,1-2H3,(H2,33,34,47)(H2,38,39,40)/b30-20+,31-21+. The molecule has 0 aliphatic heterocycles. The van der Waals surface area contributed by atoms with Gasteiger partial charge in [0, 0.05) is 31.9 Å². The first-order valence-corrected chi connectivity index (χ1v) is 19.3. The van der Waals surface area contributed by atoms with Gasteiger partial charge in [-0.2, -0.15) is 10.2 Å². The topological polar surface area (TPSA) is 190 Å². The van der Waals surface area contributed by atoms with Crippen molar-refractivity contribution in [2.75, 3.05) is 45.8 Å². The Bertz CT molecular complexity index is 1310. The van der Waals surface area contributed by atoms with Crippen LogP contribution < -0.4 is 20.7 Å². The summed E-state index contributed by atoms with van der Waals surface area (Å²) in [7, 11) is -5.55. The van der Waals surface area contributed by atoms with Crippen molar-refractivity contribution in [2.45, 2.75) is 37.9 Å². The highest BCUT2D eigenvalue weighted by atomic mass is 35.5. The molecule has 0 heterocycles. The summed E-state index contributed by atoms with van der Waals surface area (Å²) in [5.74, 6) is 1.13. The number of hydrogen-bond acceptors (Lipinski definition) is 11. The van der Waals surface area contributed by atoms with E-state index in [1.165, 1.54) is 0 Å². The second-order valence-electron chi connectivity index (χ2n) is 10.1. The second kappa shape index (κ2) is 22.9. The third-order valence-electron chi connectivity index (χ3n) is 6.15. The molecule has 47 heavy (non-hydrogen) atoms. The van der Waals surface area contributed by atoms with E-state index in [1.807, 2.05) is 55.5 Å². The largest absolute Gasteiger partial charge is 0.494 e. The summed E-state index contributed by atoms with van der Waals surface area (Å²) in [5.41, 5.74) is 8.08. The number of alkyl halides is 1. The number of benzene rings is 2. The zero-order valence-corrected chi connectivity index (χ0v) is 30.6. The van der Waals surface area contributed by atoms with Gasteiger partial charge in [-0.25, -0.2) is 5.09 Å². The Hall–Kier alpha value is -1.67. The summed E-state index contributed by atoms with van der Waals surface area (Å²) in [6.07, 6.45) is 4.52. The molecule has 3 unspecified atom stereocenters. The molecule has 0 radical (unpaired) electrons. The third-order valence-corrected chi connectivity index (χ3v) is 10.8. The van der Waals surface area contributed by atoms with Gasteiger partial charge in [0.25, 0.3) is 8.53 Å². The third kappa shape index (κ3) is 17.0. The van der Waals surface area contributed by atoms with E-state index in [0.717, 1.165) is 23.1 Å². The van der Waals surface area contributed by atoms with Crippen molar-refractivity contribution in [3.05, 3.63) is 65.2 Å². The van der Waals surface area contributed by atoms with Crippen LogP contribution in [0.25, 0.3) is 0 Å². The zero-order valence-electron chi connectivity index (χ0n) is 26.3. The van der Waals surface area contributed by atoms with Crippen molar-refractivity contribution < 1.29 is 38.1 Å². The van der Waals surface area contributed by atoms with E-state index in [4.69, 9.17) is 37.6 Å². The lowest BCUT2D eigenvalue weighted by Gasteiger charge is -2.28. The Labute approximate surface area is 289 Å². The molecule has 0 aromatic heterocycles.